The number of hydrogen-bond donors (Lipinski definition) is 3. The molecule has 7 rings (SSSR count). The van der Waals surface area contributed by atoms with Gasteiger partial charge in [0.1, 0.15) is 17.2 Å². The molecule has 0 saturated carbocycles. The Bertz CT molecular complexity index is 2720. The summed E-state index contributed by atoms with van der Waals surface area (Å²) in [5.74, 6) is 3.50. The molecule has 0 unspecified atom stereocenters. The monoisotopic (exact) mass is 1220 g/mol. The molecule has 0 radical (unpaired) electrons. The number of aromatic nitrogens is 3. The number of ether oxygens (including phenoxy) is 3. The molecule has 0 spiro atoms. The van der Waals surface area contributed by atoms with E-state index in [0.717, 1.165) is 90.5 Å². The molecule has 0 bridgehead atoms. The minimum Gasteiger partial charge on any atom is -0.494 e. The summed E-state index contributed by atoms with van der Waals surface area (Å²) in [6, 6.07) is 46.1. The normalized spacial score (nSPS) is 11.5. The number of benzene rings is 6. The van der Waals surface area contributed by atoms with Crippen LogP contribution in [0.5, 0.6) is 17.2 Å². The Hall–Kier alpha value is -8.07. The van der Waals surface area contributed by atoms with Gasteiger partial charge in [0, 0.05) is 17.1 Å². The van der Waals surface area contributed by atoms with Crippen molar-refractivity contribution in [2.45, 2.75) is 213 Å². The molecule has 0 atom stereocenters. The van der Waals surface area contributed by atoms with Crippen molar-refractivity contribution in [3.05, 3.63) is 146 Å². The fourth-order valence-corrected chi connectivity index (χ4v) is 10.3. The maximum Gasteiger partial charge on any atom is 0.233 e. The number of azo groups is 3. The van der Waals surface area contributed by atoms with Crippen LogP contribution in [-0.2, 0) is 0 Å². The first-order valence-electron chi connectivity index (χ1n) is 34.3. The third-order valence-corrected chi connectivity index (χ3v) is 15.7. The van der Waals surface area contributed by atoms with E-state index in [2.05, 4.69) is 67.4 Å². The molecule has 6 aromatic carbocycles. The summed E-state index contributed by atoms with van der Waals surface area (Å²) in [5.41, 5.74) is 6.59. The predicted octanol–water partition coefficient (Wildman–Crippen LogP) is 25.2. The highest BCUT2D eigenvalue weighted by molar-refractivity contribution is 5.64. The molecular formula is C75H102N12O3. The zero-order valence-electron chi connectivity index (χ0n) is 54.4. The van der Waals surface area contributed by atoms with Crippen LogP contribution in [0.4, 0.5) is 69.0 Å². The van der Waals surface area contributed by atoms with E-state index in [1.807, 2.05) is 146 Å². The summed E-state index contributed by atoms with van der Waals surface area (Å²) >= 11 is 0. The first-order valence-corrected chi connectivity index (χ1v) is 34.3. The first kappa shape index (κ1) is 69.4. The maximum absolute atomic E-state index is 6.01. The molecule has 1 heterocycles. The molecule has 0 aliphatic carbocycles. The minimum atomic E-state index is 0.320. The Kier molecular flexibility index (Phi) is 33.6. The third kappa shape index (κ3) is 29.5. The van der Waals surface area contributed by atoms with E-state index in [-0.39, 0.29) is 0 Å². The van der Waals surface area contributed by atoms with Gasteiger partial charge in [0.25, 0.3) is 0 Å². The van der Waals surface area contributed by atoms with Crippen molar-refractivity contribution in [2.75, 3.05) is 35.8 Å². The molecule has 0 aliphatic heterocycles. The van der Waals surface area contributed by atoms with E-state index in [1.54, 1.807) is 0 Å². The van der Waals surface area contributed by atoms with Crippen molar-refractivity contribution in [1.29, 1.82) is 0 Å². The van der Waals surface area contributed by atoms with Gasteiger partial charge in [0.2, 0.25) is 17.8 Å². The van der Waals surface area contributed by atoms with E-state index in [9.17, 15) is 0 Å². The number of nitrogens with zero attached hydrogens (tertiary/aromatic N) is 9. The lowest BCUT2D eigenvalue weighted by Gasteiger charge is -2.12. The van der Waals surface area contributed by atoms with Gasteiger partial charge in [-0.15, -0.1) is 0 Å². The molecule has 15 nitrogen and oxygen atoms in total. The quantitative estimate of drug-likeness (QED) is 0.0247. The van der Waals surface area contributed by atoms with Gasteiger partial charge in [-0.3, -0.25) is 0 Å². The molecule has 0 amide bonds. The smallest absolute Gasteiger partial charge is 0.233 e. The van der Waals surface area contributed by atoms with Crippen LogP contribution >= 0.6 is 0 Å². The van der Waals surface area contributed by atoms with Gasteiger partial charge in [-0.1, -0.05) is 194 Å². The molecule has 7 aromatic rings. The van der Waals surface area contributed by atoms with Gasteiger partial charge < -0.3 is 30.2 Å². The number of unbranched alkanes of at least 4 members (excludes halogenated alkanes) is 27. The Labute approximate surface area is 538 Å². The third-order valence-electron chi connectivity index (χ3n) is 15.7. The second-order valence-corrected chi connectivity index (χ2v) is 23.5. The maximum atomic E-state index is 6.01. The van der Waals surface area contributed by atoms with E-state index in [0.29, 0.717) is 34.9 Å². The summed E-state index contributed by atoms with van der Waals surface area (Å²) in [6.45, 7) is 8.98. The molecular weight excluding hydrogens is 1120 g/mol. The topological polar surface area (TPSA) is 177 Å². The van der Waals surface area contributed by atoms with Gasteiger partial charge in [-0.25, -0.2) is 0 Å². The van der Waals surface area contributed by atoms with Crippen molar-refractivity contribution < 1.29 is 14.2 Å². The van der Waals surface area contributed by atoms with Crippen molar-refractivity contribution in [3.8, 4) is 17.2 Å². The van der Waals surface area contributed by atoms with Crippen LogP contribution in [0.2, 0.25) is 0 Å². The summed E-state index contributed by atoms with van der Waals surface area (Å²) in [6.07, 6.45) is 39.1. The zero-order valence-corrected chi connectivity index (χ0v) is 54.4. The first-order chi connectivity index (χ1) is 44.5. The second-order valence-electron chi connectivity index (χ2n) is 23.5. The minimum absolute atomic E-state index is 0.320. The molecule has 480 valence electrons. The van der Waals surface area contributed by atoms with E-state index in [1.165, 1.54) is 173 Å². The van der Waals surface area contributed by atoms with E-state index >= 15 is 0 Å². The molecule has 15 heteroatoms. The van der Waals surface area contributed by atoms with E-state index < -0.39 is 0 Å². The molecule has 1 aromatic heterocycles. The van der Waals surface area contributed by atoms with Crippen LogP contribution in [0.25, 0.3) is 0 Å². The standard InChI is InChI=1S/C75H102N12O3/c1-4-7-10-13-16-19-22-25-28-31-58-88-70-52-46-67(47-53-70)85-82-64-40-34-61(35-41-64)76-73-79-74(77-62-36-42-65(43-37-62)83-86-68-48-54-71(55-49-68)89-59-32-29-26-23-20-17-14-11-8-5-2)81-75(80-73)78-63-38-44-66(45-39-63)84-87-69-50-56-72(57-51-69)90-60-33-30-27-24-21-18-15-12-9-6-3/h34-57H,4-33,58-60H2,1-3H3,(H3,76,77,78,79,80,81). The SMILES string of the molecule is CCCCCCCCCCCCOc1ccc(N=Nc2ccc(Nc3nc(Nc4ccc(N=Nc5ccc(OCCCCCCCCCCCC)cc5)cc4)nc(Nc4ccc(N=Nc5ccc(OCCCCCCCCCCCC)cc5)cc4)n3)cc2)cc1. The lowest BCUT2D eigenvalue weighted by molar-refractivity contribution is 0.304. The number of anilines is 6. The van der Waals surface area contributed by atoms with Crippen molar-refractivity contribution in [3.63, 3.8) is 0 Å². The Morgan fingerprint density at radius 2 is 0.411 bits per heavy atom. The van der Waals surface area contributed by atoms with Crippen molar-refractivity contribution >= 4 is 69.0 Å². The Morgan fingerprint density at radius 3 is 0.611 bits per heavy atom. The predicted molar refractivity (Wildman–Crippen MR) is 373 cm³/mol. The van der Waals surface area contributed by atoms with Crippen LogP contribution in [0.15, 0.2) is 176 Å². The van der Waals surface area contributed by atoms with Crippen LogP contribution in [0, 0.1) is 0 Å². The van der Waals surface area contributed by atoms with E-state index in [4.69, 9.17) is 29.2 Å². The fourth-order valence-electron chi connectivity index (χ4n) is 10.3. The molecule has 0 saturated heterocycles. The van der Waals surface area contributed by atoms with Crippen molar-refractivity contribution in [2.24, 2.45) is 30.7 Å². The second kappa shape index (κ2) is 43.6. The molecule has 3 N–H and O–H groups in total. The van der Waals surface area contributed by atoms with Crippen LogP contribution < -0.4 is 30.2 Å². The average Bonchev–Trinajstić information content (AvgIpc) is 2.45. The highest BCUT2D eigenvalue weighted by atomic mass is 16.5. The lowest BCUT2D eigenvalue weighted by atomic mass is 10.1. The fraction of sp³-hybridized carbons (Fsp3) is 0.480. The average molecular weight is 1220 g/mol. The van der Waals surface area contributed by atoms with Gasteiger partial charge in [-0.2, -0.15) is 45.6 Å². The largest absolute Gasteiger partial charge is 0.494 e. The van der Waals surface area contributed by atoms with Gasteiger partial charge in [0.15, 0.2) is 0 Å². The highest BCUT2D eigenvalue weighted by Gasteiger charge is 2.11. The summed E-state index contributed by atoms with van der Waals surface area (Å²) in [7, 11) is 0. The zero-order chi connectivity index (χ0) is 62.6. The number of hydrogen-bond acceptors (Lipinski definition) is 15. The van der Waals surface area contributed by atoms with Crippen LogP contribution in [0.3, 0.4) is 0 Å². The Balaban J connectivity index is 0.908. The number of nitrogens with one attached hydrogen (secondary N) is 3. The van der Waals surface area contributed by atoms with Crippen LogP contribution in [-0.4, -0.2) is 34.8 Å². The van der Waals surface area contributed by atoms with Crippen molar-refractivity contribution in [1.82, 2.24) is 15.0 Å². The van der Waals surface area contributed by atoms with Gasteiger partial charge in [-0.05, 0) is 165 Å². The summed E-state index contributed by atoms with van der Waals surface area (Å²) in [4.78, 5) is 14.3. The van der Waals surface area contributed by atoms with Gasteiger partial charge in [0.05, 0.1) is 53.9 Å². The summed E-state index contributed by atoms with van der Waals surface area (Å²) < 4.78 is 18.0. The molecule has 0 fully saturated rings. The lowest BCUT2D eigenvalue weighted by Crippen LogP contribution is -2.07. The number of rotatable bonds is 48. The Morgan fingerprint density at radius 1 is 0.233 bits per heavy atom. The molecule has 0 aliphatic rings. The molecule has 90 heavy (non-hydrogen) atoms. The van der Waals surface area contributed by atoms with Crippen LogP contribution in [0.1, 0.15) is 213 Å². The summed E-state index contributed by atoms with van der Waals surface area (Å²) in [5, 5.41) is 37.0. The highest BCUT2D eigenvalue weighted by Crippen LogP contribution is 2.29. The van der Waals surface area contributed by atoms with Gasteiger partial charge >= 0.3 is 0 Å².